The molecule has 5 nitrogen and oxygen atoms in total. The molecule has 2 aromatic heterocycles. The Morgan fingerprint density at radius 1 is 1.21 bits per heavy atom. The molecule has 3 aromatic rings. The topological polar surface area (TPSA) is 70.7 Å². The van der Waals surface area contributed by atoms with Crippen LogP contribution in [-0.2, 0) is 11.3 Å². The van der Waals surface area contributed by atoms with Gasteiger partial charge in [0.25, 0.3) is 0 Å². The molecule has 0 aliphatic heterocycles. The van der Waals surface area contributed by atoms with Gasteiger partial charge in [-0.15, -0.1) is 0 Å². The number of carbonyl (C=O) groups excluding carboxylic acids is 1. The van der Waals surface area contributed by atoms with E-state index in [4.69, 9.17) is 0 Å². The summed E-state index contributed by atoms with van der Waals surface area (Å²) in [7, 11) is 0. The smallest absolute Gasteiger partial charge is 0.230 e. The molecule has 28 heavy (non-hydrogen) atoms. The minimum absolute atomic E-state index is 0.0380. The molecule has 0 fully saturated rings. The lowest BCUT2D eigenvalue weighted by Crippen LogP contribution is -2.27. The van der Waals surface area contributed by atoms with E-state index < -0.39 is 0 Å². The number of benzene rings is 1. The Labute approximate surface area is 169 Å². The zero-order chi connectivity index (χ0) is 20.1. The number of carbonyl (C=O) groups is 1. The van der Waals surface area contributed by atoms with E-state index in [1.807, 2.05) is 32.9 Å². The number of aromatic nitrogens is 2. The van der Waals surface area contributed by atoms with Gasteiger partial charge in [-0.2, -0.15) is 5.26 Å². The summed E-state index contributed by atoms with van der Waals surface area (Å²) in [5, 5.41) is 14.2. The van der Waals surface area contributed by atoms with E-state index in [1.54, 1.807) is 0 Å². The maximum absolute atomic E-state index is 12.2. The van der Waals surface area contributed by atoms with Crippen LogP contribution in [0.2, 0.25) is 0 Å². The van der Waals surface area contributed by atoms with Crippen LogP contribution in [0.15, 0.2) is 41.6 Å². The number of aryl methyl sites for hydroxylation is 2. The van der Waals surface area contributed by atoms with Gasteiger partial charge >= 0.3 is 0 Å². The van der Waals surface area contributed by atoms with Crippen LogP contribution in [0.25, 0.3) is 10.9 Å². The maximum atomic E-state index is 12.2. The van der Waals surface area contributed by atoms with Gasteiger partial charge in [-0.25, -0.2) is 4.98 Å². The van der Waals surface area contributed by atoms with Crippen molar-refractivity contribution in [1.29, 1.82) is 5.26 Å². The first-order chi connectivity index (χ1) is 13.5. The second-order valence-electron chi connectivity index (χ2n) is 6.80. The van der Waals surface area contributed by atoms with Crippen LogP contribution in [0.4, 0.5) is 0 Å². The Bertz CT molecular complexity index is 1050. The third-order valence-electron chi connectivity index (χ3n) is 4.99. The van der Waals surface area contributed by atoms with E-state index in [-0.39, 0.29) is 11.7 Å². The number of thioether (sulfide) groups is 1. The normalized spacial score (nSPS) is 10.8. The Morgan fingerprint density at radius 2 is 2.00 bits per heavy atom. The maximum Gasteiger partial charge on any atom is 0.230 e. The predicted molar refractivity (Wildman–Crippen MR) is 113 cm³/mol. The van der Waals surface area contributed by atoms with Gasteiger partial charge < -0.3 is 9.88 Å². The first-order valence-electron chi connectivity index (χ1n) is 9.32. The lowest BCUT2D eigenvalue weighted by molar-refractivity contribution is -0.118. The van der Waals surface area contributed by atoms with Gasteiger partial charge in [0.05, 0.1) is 11.3 Å². The largest absolute Gasteiger partial charge is 0.355 e. The highest BCUT2D eigenvalue weighted by molar-refractivity contribution is 8.00. The molecule has 0 saturated heterocycles. The number of nitriles is 1. The number of rotatable bonds is 7. The van der Waals surface area contributed by atoms with Crippen LogP contribution in [0.5, 0.6) is 0 Å². The number of pyridine rings is 1. The molecule has 0 unspecified atom stereocenters. The quantitative estimate of drug-likeness (QED) is 0.485. The summed E-state index contributed by atoms with van der Waals surface area (Å²) in [5.41, 5.74) is 4.66. The van der Waals surface area contributed by atoms with Crippen molar-refractivity contribution in [3.05, 3.63) is 58.9 Å². The minimum atomic E-state index is -0.0380. The fourth-order valence-electron chi connectivity index (χ4n) is 3.15. The summed E-state index contributed by atoms with van der Waals surface area (Å²) >= 11 is 1.32. The molecule has 0 saturated carbocycles. The Kier molecular flexibility index (Phi) is 6.37. The number of hydrogen-bond acceptors (Lipinski definition) is 4. The summed E-state index contributed by atoms with van der Waals surface area (Å²) in [4.78, 5) is 16.7. The Morgan fingerprint density at radius 3 is 2.79 bits per heavy atom. The molecule has 0 bridgehead atoms. The van der Waals surface area contributed by atoms with Crippen LogP contribution in [-0.4, -0.2) is 27.8 Å². The van der Waals surface area contributed by atoms with Crippen molar-refractivity contribution in [1.82, 2.24) is 14.9 Å². The third kappa shape index (κ3) is 4.37. The van der Waals surface area contributed by atoms with E-state index in [2.05, 4.69) is 45.3 Å². The van der Waals surface area contributed by atoms with E-state index in [0.717, 1.165) is 29.8 Å². The Balaban J connectivity index is 1.48. The van der Waals surface area contributed by atoms with Crippen molar-refractivity contribution in [3.8, 4) is 6.07 Å². The average molecular weight is 393 g/mol. The first kappa shape index (κ1) is 20.0. The molecule has 0 aliphatic rings. The molecule has 3 rings (SSSR count). The summed E-state index contributed by atoms with van der Waals surface area (Å²) in [6, 6.07) is 12.6. The average Bonchev–Trinajstić information content (AvgIpc) is 3.11. The number of nitrogens with zero attached hydrogens (tertiary/aromatic N) is 3. The second kappa shape index (κ2) is 8.94. The van der Waals surface area contributed by atoms with Crippen molar-refractivity contribution in [2.24, 2.45) is 0 Å². The summed E-state index contributed by atoms with van der Waals surface area (Å²) < 4.78 is 2.21. The SMILES string of the molecule is Cc1nc(SCC(=O)NCCCn2ccc3ccccc32)c(C#N)c(C)c1C. The fourth-order valence-corrected chi connectivity index (χ4v) is 4.06. The summed E-state index contributed by atoms with van der Waals surface area (Å²) in [5.74, 6) is 0.222. The van der Waals surface area contributed by atoms with Crippen molar-refractivity contribution >= 4 is 28.6 Å². The molecule has 6 heteroatoms. The van der Waals surface area contributed by atoms with Gasteiger partial charge in [-0.1, -0.05) is 30.0 Å². The van der Waals surface area contributed by atoms with Gasteiger partial charge in [0, 0.05) is 30.5 Å². The van der Waals surface area contributed by atoms with Gasteiger partial charge in [-0.05, 0) is 55.8 Å². The van der Waals surface area contributed by atoms with Gasteiger partial charge in [0.15, 0.2) is 0 Å². The summed E-state index contributed by atoms with van der Waals surface area (Å²) in [6.07, 6.45) is 2.94. The zero-order valence-corrected chi connectivity index (χ0v) is 17.3. The molecule has 1 N–H and O–H groups in total. The van der Waals surface area contributed by atoms with Crippen LogP contribution in [0.3, 0.4) is 0 Å². The van der Waals surface area contributed by atoms with Crippen LogP contribution in [0.1, 0.15) is 28.8 Å². The molecule has 1 amide bonds. The van der Waals surface area contributed by atoms with Gasteiger partial charge in [0.2, 0.25) is 5.91 Å². The first-order valence-corrected chi connectivity index (χ1v) is 10.3. The number of para-hydroxylation sites is 1. The highest BCUT2D eigenvalue weighted by Crippen LogP contribution is 2.26. The molecule has 0 aliphatic carbocycles. The van der Waals surface area contributed by atoms with E-state index in [0.29, 0.717) is 17.1 Å². The molecule has 1 aromatic carbocycles. The molecular formula is C22H24N4OS. The molecule has 0 atom stereocenters. The number of nitrogens with one attached hydrogen (secondary N) is 1. The number of fused-ring (bicyclic) bond motifs is 1. The lowest BCUT2D eigenvalue weighted by atomic mass is 10.1. The lowest BCUT2D eigenvalue weighted by Gasteiger charge is -2.11. The van der Waals surface area contributed by atoms with Gasteiger partial charge in [0.1, 0.15) is 11.1 Å². The molecule has 144 valence electrons. The van der Waals surface area contributed by atoms with Crippen LogP contribution in [0, 0.1) is 32.1 Å². The predicted octanol–water partition coefficient (Wildman–Crippen LogP) is 4.13. The van der Waals surface area contributed by atoms with Crippen molar-refractivity contribution in [3.63, 3.8) is 0 Å². The minimum Gasteiger partial charge on any atom is -0.355 e. The van der Waals surface area contributed by atoms with Crippen LogP contribution < -0.4 is 5.32 Å². The fraction of sp³-hybridized carbons (Fsp3) is 0.318. The zero-order valence-electron chi connectivity index (χ0n) is 16.5. The third-order valence-corrected chi connectivity index (χ3v) is 5.97. The van der Waals surface area contributed by atoms with Gasteiger partial charge in [-0.3, -0.25) is 4.79 Å². The van der Waals surface area contributed by atoms with Crippen LogP contribution >= 0.6 is 11.8 Å². The summed E-state index contributed by atoms with van der Waals surface area (Å²) in [6.45, 7) is 7.30. The van der Waals surface area contributed by atoms with Crippen molar-refractivity contribution in [2.75, 3.05) is 12.3 Å². The molecule has 2 heterocycles. The van der Waals surface area contributed by atoms with Crippen molar-refractivity contribution in [2.45, 2.75) is 38.8 Å². The van der Waals surface area contributed by atoms with E-state index >= 15 is 0 Å². The monoisotopic (exact) mass is 392 g/mol. The highest BCUT2D eigenvalue weighted by atomic mass is 32.2. The van der Waals surface area contributed by atoms with E-state index in [1.165, 1.54) is 22.7 Å². The molecular weight excluding hydrogens is 368 g/mol. The second-order valence-corrected chi connectivity index (χ2v) is 7.76. The highest BCUT2D eigenvalue weighted by Gasteiger charge is 2.14. The Hall–Kier alpha value is -2.78. The standard InChI is InChI=1S/C22H24N4OS/c1-15-16(2)19(13-23)22(25-17(15)3)28-14-21(27)24-10-6-11-26-12-9-18-7-4-5-8-20(18)26/h4-5,7-9,12H,6,10-11,14H2,1-3H3,(H,24,27). The van der Waals surface area contributed by atoms with Crippen molar-refractivity contribution < 1.29 is 4.79 Å². The molecule has 0 spiro atoms. The number of hydrogen-bond donors (Lipinski definition) is 1. The molecule has 0 radical (unpaired) electrons. The van der Waals surface area contributed by atoms with E-state index in [9.17, 15) is 10.1 Å². The number of amides is 1.